The highest BCUT2D eigenvalue weighted by Crippen LogP contribution is 2.36. The van der Waals surface area contributed by atoms with Gasteiger partial charge in [-0.2, -0.15) is 8.78 Å². The number of carboxylic acids is 1. The molecule has 0 saturated heterocycles. The second kappa shape index (κ2) is 4.40. The summed E-state index contributed by atoms with van der Waals surface area (Å²) >= 11 is 1.04. The van der Waals surface area contributed by atoms with Crippen LogP contribution in [0.25, 0.3) is 0 Å². The van der Waals surface area contributed by atoms with Crippen LogP contribution in [0.5, 0.6) is 0 Å². The van der Waals surface area contributed by atoms with E-state index in [-0.39, 0.29) is 5.92 Å². The number of nitrogens with zero attached hydrogens (tertiary/aromatic N) is 1. The van der Waals surface area contributed by atoms with Crippen molar-refractivity contribution in [3.8, 4) is 0 Å². The quantitative estimate of drug-likeness (QED) is 0.897. The molecule has 0 bridgehead atoms. The number of carboxylic acid groups (broad SMARTS) is 1. The Morgan fingerprint density at radius 2 is 2.12 bits per heavy atom. The van der Waals surface area contributed by atoms with Crippen LogP contribution in [0.4, 0.5) is 13.2 Å². The SMILES string of the molecule is CC(C)c1nc(C(F)C(F)(F)C(=O)O)cs1. The molecule has 1 atom stereocenters. The van der Waals surface area contributed by atoms with Gasteiger partial charge in [-0.15, -0.1) is 11.3 Å². The zero-order valence-corrected chi connectivity index (χ0v) is 9.39. The van der Waals surface area contributed by atoms with Gasteiger partial charge in [0, 0.05) is 11.3 Å². The van der Waals surface area contributed by atoms with Gasteiger partial charge in [0.1, 0.15) is 0 Å². The molecule has 0 aliphatic carbocycles. The van der Waals surface area contributed by atoms with Crippen molar-refractivity contribution in [1.82, 2.24) is 4.98 Å². The first-order valence-corrected chi connectivity index (χ1v) is 5.35. The molecule has 0 radical (unpaired) electrons. The molecule has 0 saturated carbocycles. The lowest BCUT2D eigenvalue weighted by molar-refractivity contribution is -0.175. The maximum Gasteiger partial charge on any atom is 0.378 e. The van der Waals surface area contributed by atoms with Gasteiger partial charge in [0.25, 0.3) is 0 Å². The van der Waals surface area contributed by atoms with Gasteiger partial charge >= 0.3 is 11.9 Å². The van der Waals surface area contributed by atoms with Gasteiger partial charge in [-0.05, 0) is 0 Å². The molecule has 0 amide bonds. The Hall–Kier alpha value is -1.11. The average Bonchev–Trinajstić information content (AvgIpc) is 2.64. The summed E-state index contributed by atoms with van der Waals surface area (Å²) in [6.07, 6.45) is -2.91. The summed E-state index contributed by atoms with van der Waals surface area (Å²) in [5.41, 5.74) is -0.527. The van der Waals surface area contributed by atoms with Crippen LogP contribution in [0, 0.1) is 0 Å². The van der Waals surface area contributed by atoms with Crippen molar-refractivity contribution in [2.45, 2.75) is 31.9 Å². The third-order valence-electron chi connectivity index (χ3n) is 1.90. The number of carbonyl (C=O) groups is 1. The smallest absolute Gasteiger partial charge is 0.378 e. The summed E-state index contributed by atoms with van der Waals surface area (Å²) in [4.78, 5) is 13.8. The van der Waals surface area contributed by atoms with Gasteiger partial charge in [-0.1, -0.05) is 13.8 Å². The predicted molar refractivity (Wildman–Crippen MR) is 52.6 cm³/mol. The molecule has 1 unspecified atom stereocenters. The predicted octanol–water partition coefficient (Wildman–Crippen LogP) is 3.00. The molecule has 90 valence electrons. The number of halogens is 3. The van der Waals surface area contributed by atoms with Crippen LogP contribution < -0.4 is 0 Å². The van der Waals surface area contributed by atoms with Crippen LogP contribution in [0.3, 0.4) is 0 Å². The lowest BCUT2D eigenvalue weighted by Gasteiger charge is -2.13. The van der Waals surface area contributed by atoms with E-state index in [1.165, 1.54) is 0 Å². The Kier molecular flexibility index (Phi) is 3.57. The Morgan fingerprint density at radius 3 is 2.50 bits per heavy atom. The van der Waals surface area contributed by atoms with Gasteiger partial charge in [0.15, 0.2) is 0 Å². The number of hydrogen-bond acceptors (Lipinski definition) is 3. The van der Waals surface area contributed by atoms with Crippen molar-refractivity contribution in [2.24, 2.45) is 0 Å². The van der Waals surface area contributed by atoms with Crippen LogP contribution in [0.1, 0.15) is 36.6 Å². The Balaban J connectivity index is 2.96. The minimum absolute atomic E-state index is 0.00981. The first-order chi connectivity index (χ1) is 7.26. The lowest BCUT2D eigenvalue weighted by Crippen LogP contribution is -2.33. The molecule has 0 spiro atoms. The standard InChI is InChI=1S/C9H10F3NO2S/c1-4(2)7-13-5(3-16-7)6(10)9(11,12)8(14)15/h3-4,6H,1-2H3,(H,14,15). The number of thiazole rings is 1. The minimum Gasteiger partial charge on any atom is -0.477 e. The monoisotopic (exact) mass is 253 g/mol. The molecular formula is C9H10F3NO2S. The number of alkyl halides is 3. The number of aromatic nitrogens is 1. The fourth-order valence-corrected chi connectivity index (χ4v) is 1.82. The number of hydrogen-bond donors (Lipinski definition) is 1. The van der Waals surface area contributed by atoms with Crippen molar-refractivity contribution in [3.63, 3.8) is 0 Å². The van der Waals surface area contributed by atoms with E-state index in [0.29, 0.717) is 5.01 Å². The van der Waals surface area contributed by atoms with Crippen molar-refractivity contribution >= 4 is 17.3 Å². The van der Waals surface area contributed by atoms with Crippen LogP contribution >= 0.6 is 11.3 Å². The maximum absolute atomic E-state index is 13.3. The van der Waals surface area contributed by atoms with Gasteiger partial charge < -0.3 is 5.11 Å². The Labute approximate surface area is 93.9 Å². The van der Waals surface area contributed by atoms with Crippen molar-refractivity contribution in [3.05, 3.63) is 16.1 Å². The minimum atomic E-state index is -4.44. The summed E-state index contributed by atoms with van der Waals surface area (Å²) in [5.74, 6) is -6.94. The normalized spacial score (nSPS) is 14.1. The average molecular weight is 253 g/mol. The van der Waals surface area contributed by atoms with Gasteiger partial charge in [-0.25, -0.2) is 14.2 Å². The van der Waals surface area contributed by atoms with Crippen LogP contribution in [-0.2, 0) is 4.79 Å². The van der Waals surface area contributed by atoms with Gasteiger partial charge in [0.2, 0.25) is 6.17 Å². The summed E-state index contributed by atoms with van der Waals surface area (Å²) in [6.45, 7) is 3.57. The van der Waals surface area contributed by atoms with Crippen molar-refractivity contribution < 1.29 is 23.1 Å². The molecule has 0 aliphatic heterocycles. The van der Waals surface area contributed by atoms with Crippen LogP contribution in [-0.4, -0.2) is 22.0 Å². The molecule has 1 N–H and O–H groups in total. The zero-order valence-electron chi connectivity index (χ0n) is 8.58. The molecule has 16 heavy (non-hydrogen) atoms. The topological polar surface area (TPSA) is 50.2 Å². The molecule has 0 fully saturated rings. The Morgan fingerprint density at radius 1 is 1.56 bits per heavy atom. The van der Waals surface area contributed by atoms with Gasteiger partial charge in [-0.3, -0.25) is 0 Å². The summed E-state index contributed by atoms with van der Waals surface area (Å²) in [6, 6.07) is 0. The highest BCUT2D eigenvalue weighted by atomic mass is 32.1. The molecule has 1 aromatic rings. The highest BCUT2D eigenvalue weighted by molar-refractivity contribution is 7.09. The fraction of sp³-hybridized carbons (Fsp3) is 0.556. The van der Waals surface area contributed by atoms with E-state index in [9.17, 15) is 18.0 Å². The van der Waals surface area contributed by atoms with Crippen LogP contribution in [0.2, 0.25) is 0 Å². The summed E-state index contributed by atoms with van der Waals surface area (Å²) in [7, 11) is 0. The third-order valence-corrected chi connectivity index (χ3v) is 3.06. The van der Waals surface area contributed by atoms with Crippen molar-refractivity contribution in [2.75, 3.05) is 0 Å². The van der Waals surface area contributed by atoms with Crippen molar-refractivity contribution in [1.29, 1.82) is 0 Å². The second-order valence-corrected chi connectivity index (χ2v) is 4.45. The van der Waals surface area contributed by atoms with E-state index in [1.54, 1.807) is 13.8 Å². The van der Waals surface area contributed by atoms with E-state index in [2.05, 4.69) is 4.98 Å². The molecule has 1 aromatic heterocycles. The molecule has 3 nitrogen and oxygen atoms in total. The molecule has 1 rings (SSSR count). The van der Waals surface area contributed by atoms with E-state index < -0.39 is 23.8 Å². The first-order valence-electron chi connectivity index (χ1n) is 4.47. The third kappa shape index (κ3) is 2.34. The first kappa shape index (κ1) is 13.0. The molecule has 0 aromatic carbocycles. The Bertz CT molecular complexity index is 392. The van der Waals surface area contributed by atoms with Gasteiger partial charge in [0.05, 0.1) is 10.7 Å². The van der Waals surface area contributed by atoms with E-state index in [1.807, 2.05) is 0 Å². The maximum atomic E-state index is 13.3. The highest BCUT2D eigenvalue weighted by Gasteiger charge is 2.50. The second-order valence-electron chi connectivity index (χ2n) is 3.56. The van der Waals surface area contributed by atoms with E-state index in [4.69, 9.17) is 5.11 Å². The van der Waals surface area contributed by atoms with E-state index >= 15 is 0 Å². The molecule has 7 heteroatoms. The largest absolute Gasteiger partial charge is 0.477 e. The van der Waals surface area contributed by atoms with Crippen LogP contribution in [0.15, 0.2) is 5.38 Å². The number of rotatable bonds is 4. The summed E-state index contributed by atoms with van der Waals surface area (Å²) < 4.78 is 38.9. The lowest BCUT2D eigenvalue weighted by atomic mass is 10.1. The molecule has 0 aliphatic rings. The zero-order chi connectivity index (χ0) is 12.5. The molecular weight excluding hydrogens is 243 g/mol. The van der Waals surface area contributed by atoms with E-state index in [0.717, 1.165) is 16.7 Å². The molecule has 1 heterocycles. The number of aliphatic carboxylic acids is 1. The fourth-order valence-electron chi connectivity index (χ4n) is 0.976. The summed E-state index contributed by atoms with van der Waals surface area (Å²) in [5, 5.41) is 9.80.